The van der Waals surface area contributed by atoms with Gasteiger partial charge in [0.15, 0.2) is 5.82 Å². The monoisotopic (exact) mass is 778 g/mol. The number of aromatic nitrogens is 4. The number of nitriles is 2. The van der Waals surface area contributed by atoms with Crippen molar-refractivity contribution in [1.29, 1.82) is 10.5 Å². The van der Waals surface area contributed by atoms with Crippen molar-refractivity contribution in [3.8, 4) is 57.4 Å². The third-order valence-electron chi connectivity index (χ3n) is 11.8. The molecule has 8 aromatic carbocycles. The lowest BCUT2D eigenvalue weighted by molar-refractivity contribution is 0.669. The second-order valence-corrected chi connectivity index (χ2v) is 15.1. The second kappa shape index (κ2) is 13.4. The van der Waals surface area contributed by atoms with Crippen LogP contribution < -0.4 is 0 Å². The summed E-state index contributed by atoms with van der Waals surface area (Å²) in [7, 11) is 0. The van der Waals surface area contributed by atoms with E-state index in [1.54, 1.807) is 0 Å². The quantitative estimate of drug-likeness (QED) is 0.173. The Labute approximate surface area is 348 Å². The number of nitrogens with zero attached hydrogens (tertiary/aromatic N) is 6. The Hall–Kier alpha value is -8.78. The zero-order valence-electron chi connectivity index (χ0n) is 32.4. The van der Waals surface area contributed by atoms with E-state index >= 15 is 0 Å². The molecule has 0 amide bonds. The molecule has 0 aliphatic rings. The molecule has 0 saturated heterocycles. The van der Waals surface area contributed by atoms with Crippen molar-refractivity contribution < 1.29 is 4.42 Å². The zero-order chi connectivity index (χ0) is 40.6. The topological polar surface area (TPSA) is 96.4 Å². The molecule has 12 aromatic rings. The lowest BCUT2D eigenvalue weighted by Gasteiger charge is -2.16. The van der Waals surface area contributed by atoms with Crippen LogP contribution in [-0.4, -0.2) is 19.1 Å². The molecule has 4 aromatic heterocycles. The van der Waals surface area contributed by atoms with Gasteiger partial charge in [-0.05, 0) is 48.5 Å². The Morgan fingerprint density at radius 2 is 1.05 bits per heavy atom. The van der Waals surface area contributed by atoms with Gasteiger partial charge in [0.25, 0.3) is 0 Å². The molecule has 4 heterocycles. The fraction of sp³-hybridized carbons (Fsp3) is 0. The largest absolute Gasteiger partial charge is 0.456 e. The average molecular weight is 779 g/mol. The number of hydrogen-bond donors (Lipinski definition) is 0. The number of hydrogen-bond acceptors (Lipinski definition) is 5. The highest BCUT2D eigenvalue weighted by atomic mass is 16.3. The van der Waals surface area contributed by atoms with Crippen molar-refractivity contribution in [2.24, 2.45) is 0 Å². The number of fused-ring (bicyclic) bond motifs is 10. The van der Waals surface area contributed by atoms with Crippen molar-refractivity contribution in [1.82, 2.24) is 19.1 Å². The molecule has 12 rings (SSSR count). The molecule has 7 nitrogen and oxygen atoms in total. The van der Waals surface area contributed by atoms with Gasteiger partial charge in [0.2, 0.25) is 0 Å². The lowest BCUT2D eigenvalue weighted by Crippen LogP contribution is -2.03. The minimum Gasteiger partial charge on any atom is -0.456 e. The molecule has 0 N–H and O–H groups in total. The first kappa shape index (κ1) is 34.3. The van der Waals surface area contributed by atoms with E-state index in [1.165, 1.54) is 0 Å². The van der Waals surface area contributed by atoms with Crippen molar-refractivity contribution in [3.63, 3.8) is 0 Å². The molecule has 0 bridgehead atoms. The van der Waals surface area contributed by atoms with Gasteiger partial charge in [-0.3, -0.25) is 0 Å². The summed E-state index contributed by atoms with van der Waals surface area (Å²) in [6, 6.07) is 66.0. The average Bonchev–Trinajstić information content (AvgIpc) is 3.99. The van der Waals surface area contributed by atoms with Crippen LogP contribution in [0.25, 0.3) is 111 Å². The summed E-state index contributed by atoms with van der Waals surface area (Å²) in [4.78, 5) is 10.3. The van der Waals surface area contributed by atoms with Crippen LogP contribution in [0.3, 0.4) is 0 Å². The summed E-state index contributed by atoms with van der Waals surface area (Å²) >= 11 is 0. The van der Waals surface area contributed by atoms with Gasteiger partial charge in [-0.25, -0.2) is 9.97 Å². The van der Waals surface area contributed by atoms with Gasteiger partial charge in [0, 0.05) is 54.7 Å². The highest BCUT2D eigenvalue weighted by molar-refractivity contribution is 6.24. The van der Waals surface area contributed by atoms with E-state index in [4.69, 9.17) is 14.4 Å². The van der Waals surface area contributed by atoms with Crippen LogP contribution in [-0.2, 0) is 0 Å². The third kappa shape index (κ3) is 5.08. The Kier molecular flexibility index (Phi) is 7.52. The molecule has 0 spiro atoms. The minimum atomic E-state index is 0.321. The van der Waals surface area contributed by atoms with Crippen LogP contribution >= 0.6 is 0 Å². The Bertz CT molecular complexity index is 3840. The number of rotatable bonds is 5. The summed E-state index contributed by atoms with van der Waals surface area (Å²) in [5.74, 6) is 0.450. The normalized spacial score (nSPS) is 11.6. The first-order valence-electron chi connectivity index (χ1n) is 20.0. The smallest absolute Gasteiger partial charge is 0.161 e. The van der Waals surface area contributed by atoms with Crippen LogP contribution in [0.4, 0.5) is 0 Å². The highest BCUT2D eigenvalue weighted by Gasteiger charge is 2.25. The molecule has 0 unspecified atom stereocenters. The molecule has 0 aliphatic carbocycles. The van der Waals surface area contributed by atoms with Crippen molar-refractivity contribution in [3.05, 3.63) is 193 Å². The molecular formula is C54H30N6O. The van der Waals surface area contributed by atoms with Gasteiger partial charge in [-0.1, -0.05) is 133 Å². The number of furan rings is 1. The van der Waals surface area contributed by atoms with E-state index in [2.05, 4.69) is 100 Å². The van der Waals surface area contributed by atoms with Crippen molar-refractivity contribution >= 4 is 65.6 Å². The molecule has 282 valence electrons. The van der Waals surface area contributed by atoms with Gasteiger partial charge >= 0.3 is 0 Å². The standard InChI is InChI=1S/C54H30N6O/c55-31-35-30-34(51-43(32-56)50(33-14-3-1-4-15-33)57-54(58-51)42-21-13-25-48-49(42)41-20-9-12-24-47(41)61-48)26-29-44(35)60-46-23-11-8-19-38(46)40-28-27-39-37-18-7-10-22-45(37)59(52(39)53(40)60)36-16-5-2-6-17-36/h1-30H. The molecule has 0 aliphatic heterocycles. The first-order valence-corrected chi connectivity index (χ1v) is 20.0. The fourth-order valence-electron chi connectivity index (χ4n) is 9.23. The van der Waals surface area contributed by atoms with Crippen LogP contribution in [0.1, 0.15) is 11.1 Å². The van der Waals surface area contributed by atoms with Crippen LogP contribution in [0, 0.1) is 22.7 Å². The lowest BCUT2D eigenvalue weighted by atomic mass is 9.98. The second-order valence-electron chi connectivity index (χ2n) is 15.1. The van der Waals surface area contributed by atoms with E-state index < -0.39 is 0 Å². The van der Waals surface area contributed by atoms with Crippen LogP contribution in [0.15, 0.2) is 186 Å². The maximum atomic E-state index is 11.1. The predicted molar refractivity (Wildman–Crippen MR) is 244 cm³/mol. The van der Waals surface area contributed by atoms with E-state index in [0.717, 1.165) is 88.1 Å². The summed E-state index contributed by atoms with van der Waals surface area (Å²) in [5, 5.41) is 28.3. The summed E-state index contributed by atoms with van der Waals surface area (Å²) in [5.41, 5.74) is 11.3. The van der Waals surface area contributed by atoms with Gasteiger partial charge < -0.3 is 13.6 Å². The molecule has 61 heavy (non-hydrogen) atoms. The van der Waals surface area contributed by atoms with Crippen molar-refractivity contribution in [2.75, 3.05) is 0 Å². The SMILES string of the molecule is N#Cc1cc(-c2nc(-c3cccc4oc5ccccc5c34)nc(-c3ccccc3)c2C#N)ccc1-n1c2ccccc2c2ccc3c4ccccc4n(-c4ccccc4)c3c21. The van der Waals surface area contributed by atoms with E-state index in [9.17, 15) is 10.5 Å². The molecule has 0 atom stereocenters. The molecule has 0 saturated carbocycles. The Morgan fingerprint density at radius 1 is 0.459 bits per heavy atom. The van der Waals surface area contributed by atoms with Crippen LogP contribution in [0.5, 0.6) is 0 Å². The Morgan fingerprint density at radius 3 is 1.75 bits per heavy atom. The summed E-state index contributed by atoms with van der Waals surface area (Å²) in [6.07, 6.45) is 0. The number of benzene rings is 8. The highest BCUT2D eigenvalue weighted by Crippen LogP contribution is 2.43. The van der Waals surface area contributed by atoms with E-state index in [0.29, 0.717) is 33.9 Å². The zero-order valence-corrected chi connectivity index (χ0v) is 32.4. The van der Waals surface area contributed by atoms with Gasteiger partial charge in [0.1, 0.15) is 28.9 Å². The Balaban J connectivity index is 1.14. The molecule has 0 radical (unpaired) electrons. The third-order valence-corrected chi connectivity index (χ3v) is 11.8. The van der Waals surface area contributed by atoms with Gasteiger partial charge in [0.05, 0.1) is 44.7 Å². The minimum absolute atomic E-state index is 0.321. The van der Waals surface area contributed by atoms with Gasteiger partial charge in [-0.15, -0.1) is 0 Å². The molecule has 0 fully saturated rings. The fourth-order valence-corrected chi connectivity index (χ4v) is 9.23. The summed E-state index contributed by atoms with van der Waals surface area (Å²) < 4.78 is 10.8. The van der Waals surface area contributed by atoms with Crippen LogP contribution in [0.2, 0.25) is 0 Å². The number of para-hydroxylation sites is 4. The van der Waals surface area contributed by atoms with Gasteiger partial charge in [-0.2, -0.15) is 10.5 Å². The summed E-state index contributed by atoms with van der Waals surface area (Å²) in [6.45, 7) is 0. The predicted octanol–water partition coefficient (Wildman–Crippen LogP) is 13.3. The molecular weight excluding hydrogens is 749 g/mol. The molecule has 7 heteroatoms. The van der Waals surface area contributed by atoms with E-state index in [1.807, 2.05) is 103 Å². The maximum Gasteiger partial charge on any atom is 0.161 e. The first-order chi connectivity index (χ1) is 30.2. The van der Waals surface area contributed by atoms with Crippen molar-refractivity contribution in [2.45, 2.75) is 0 Å². The maximum absolute atomic E-state index is 11.1. The van der Waals surface area contributed by atoms with E-state index in [-0.39, 0.29) is 0 Å².